The Bertz CT molecular complexity index is 1700. The zero-order chi connectivity index (χ0) is 57.8. The summed E-state index contributed by atoms with van der Waals surface area (Å²) in [6.45, 7) is 6.34. The van der Waals surface area contributed by atoms with Gasteiger partial charge in [-0.05, 0) is 128 Å². The van der Waals surface area contributed by atoms with Crippen LogP contribution in [0.3, 0.4) is 0 Å². The van der Waals surface area contributed by atoms with Crippen LogP contribution in [0, 0.1) is 0 Å². The number of carbonyl (C=O) groups excluding carboxylic acids is 3. The summed E-state index contributed by atoms with van der Waals surface area (Å²) in [5.74, 6) is -0.925. The number of ether oxygens (including phenoxy) is 3. The van der Waals surface area contributed by atoms with E-state index in [0.717, 1.165) is 154 Å². The topological polar surface area (TPSA) is 78.9 Å². The summed E-state index contributed by atoms with van der Waals surface area (Å²) in [5.41, 5.74) is 0. The Morgan fingerprint density at radius 1 is 0.263 bits per heavy atom. The molecule has 0 saturated heterocycles. The highest BCUT2D eigenvalue weighted by atomic mass is 16.6. The Morgan fingerprint density at radius 3 is 0.775 bits per heavy atom. The van der Waals surface area contributed by atoms with Gasteiger partial charge in [0.25, 0.3) is 0 Å². The average molecular weight is 1110 g/mol. The fourth-order valence-electron chi connectivity index (χ4n) is 8.97. The lowest BCUT2D eigenvalue weighted by molar-refractivity contribution is -0.167. The number of hydrogen-bond donors (Lipinski definition) is 0. The maximum Gasteiger partial charge on any atom is 0.306 e. The molecule has 0 aromatic heterocycles. The molecule has 0 radical (unpaired) electrons. The smallest absolute Gasteiger partial charge is 0.306 e. The van der Waals surface area contributed by atoms with E-state index in [9.17, 15) is 14.4 Å². The van der Waals surface area contributed by atoms with Crippen LogP contribution in [0.15, 0.2) is 134 Å². The summed E-state index contributed by atoms with van der Waals surface area (Å²) in [6, 6.07) is 0. The molecule has 0 heterocycles. The van der Waals surface area contributed by atoms with Gasteiger partial charge in [0.2, 0.25) is 0 Å². The zero-order valence-electron chi connectivity index (χ0n) is 52.0. The molecule has 454 valence electrons. The van der Waals surface area contributed by atoms with Crippen LogP contribution in [-0.2, 0) is 28.6 Å². The van der Waals surface area contributed by atoms with Crippen molar-refractivity contribution in [3.05, 3.63) is 134 Å². The van der Waals surface area contributed by atoms with Crippen LogP contribution in [0.25, 0.3) is 0 Å². The van der Waals surface area contributed by atoms with Crippen molar-refractivity contribution in [2.75, 3.05) is 13.2 Å². The van der Waals surface area contributed by atoms with E-state index in [1.54, 1.807) is 0 Å². The van der Waals surface area contributed by atoms with Crippen LogP contribution < -0.4 is 0 Å². The van der Waals surface area contributed by atoms with Crippen molar-refractivity contribution in [1.82, 2.24) is 0 Å². The zero-order valence-corrected chi connectivity index (χ0v) is 52.0. The van der Waals surface area contributed by atoms with Crippen molar-refractivity contribution in [3.63, 3.8) is 0 Å². The molecule has 0 aliphatic rings. The molecule has 6 nitrogen and oxygen atoms in total. The van der Waals surface area contributed by atoms with E-state index in [2.05, 4.69) is 154 Å². The Kier molecular flexibility index (Phi) is 63.3. The predicted octanol–water partition coefficient (Wildman–Crippen LogP) is 22.9. The number of carbonyl (C=O) groups is 3. The standard InChI is InChI=1S/C74H122O6/c1-4-7-10-13-16-19-22-24-26-28-30-32-34-35-36-37-38-39-41-42-44-46-48-50-52-55-58-61-64-67-73(76)79-70-71(69-78-72(75)66-63-60-57-54-21-18-15-12-9-6-3)80-74(77)68-65-62-59-56-53-51-49-47-45-43-40-33-31-29-27-25-23-20-17-14-11-8-5-2/h7-8,10-12,15-17,19-20,24-27,30-33,43,45,49,51,71H,4-6,9,13-14,18,21-23,28-29,34-42,44,46-48,50,52-70H2,1-3H3/b10-7-,11-8-,15-12-,19-16-,20-17-,26-24-,27-25-,32-30-,33-31-,45-43-,51-49-. The van der Waals surface area contributed by atoms with Crippen LogP contribution in [0.5, 0.6) is 0 Å². The van der Waals surface area contributed by atoms with Gasteiger partial charge in [-0.1, -0.05) is 283 Å². The molecule has 0 N–H and O–H groups in total. The second-order valence-electron chi connectivity index (χ2n) is 21.6. The maximum absolute atomic E-state index is 12.9. The minimum absolute atomic E-state index is 0.0930. The van der Waals surface area contributed by atoms with E-state index in [1.807, 2.05) is 0 Å². The largest absolute Gasteiger partial charge is 0.462 e. The number of allylic oxidation sites excluding steroid dienone is 22. The monoisotopic (exact) mass is 1110 g/mol. The van der Waals surface area contributed by atoms with Crippen LogP contribution >= 0.6 is 0 Å². The molecule has 1 unspecified atom stereocenters. The fraction of sp³-hybridized carbons (Fsp3) is 0.662. The van der Waals surface area contributed by atoms with Gasteiger partial charge in [0.1, 0.15) is 13.2 Å². The molecule has 6 heteroatoms. The Morgan fingerprint density at radius 2 is 0.487 bits per heavy atom. The number of esters is 3. The lowest BCUT2D eigenvalue weighted by atomic mass is 10.0. The molecule has 0 amide bonds. The lowest BCUT2D eigenvalue weighted by Crippen LogP contribution is -2.30. The maximum atomic E-state index is 12.9. The highest BCUT2D eigenvalue weighted by molar-refractivity contribution is 5.71. The third kappa shape index (κ3) is 64.4. The minimum atomic E-state index is -0.799. The molecule has 0 aliphatic heterocycles. The first-order valence-electron chi connectivity index (χ1n) is 33.2. The van der Waals surface area contributed by atoms with E-state index >= 15 is 0 Å². The molecular formula is C74H122O6. The minimum Gasteiger partial charge on any atom is -0.462 e. The number of rotatable bonds is 59. The summed E-state index contributed by atoms with van der Waals surface area (Å²) in [7, 11) is 0. The number of unbranched alkanes of at least 4 members (excludes halogenated alkanes) is 26. The molecule has 0 rings (SSSR count). The van der Waals surface area contributed by atoms with Gasteiger partial charge in [-0.2, -0.15) is 0 Å². The van der Waals surface area contributed by atoms with Crippen molar-refractivity contribution < 1.29 is 28.6 Å². The van der Waals surface area contributed by atoms with Crippen LogP contribution in [0.2, 0.25) is 0 Å². The summed E-state index contributed by atoms with van der Waals surface area (Å²) in [6.07, 6.45) is 94.8. The number of hydrogen-bond acceptors (Lipinski definition) is 6. The Hall–Kier alpha value is -4.45. The van der Waals surface area contributed by atoms with Gasteiger partial charge >= 0.3 is 17.9 Å². The van der Waals surface area contributed by atoms with Crippen LogP contribution in [0.1, 0.15) is 297 Å². The van der Waals surface area contributed by atoms with E-state index in [1.165, 1.54) is 103 Å². The quantitative estimate of drug-likeness (QED) is 0.0261. The van der Waals surface area contributed by atoms with E-state index in [-0.39, 0.29) is 31.1 Å². The van der Waals surface area contributed by atoms with Crippen molar-refractivity contribution in [1.29, 1.82) is 0 Å². The highest BCUT2D eigenvalue weighted by Gasteiger charge is 2.19. The molecular weight excluding hydrogens is 985 g/mol. The molecule has 0 aliphatic carbocycles. The second-order valence-corrected chi connectivity index (χ2v) is 21.6. The lowest BCUT2D eigenvalue weighted by Gasteiger charge is -2.18. The Balaban J connectivity index is 4.26. The molecule has 0 aromatic carbocycles. The first-order valence-corrected chi connectivity index (χ1v) is 33.2. The molecule has 0 fully saturated rings. The van der Waals surface area contributed by atoms with Crippen molar-refractivity contribution in [3.8, 4) is 0 Å². The van der Waals surface area contributed by atoms with Gasteiger partial charge in [-0.25, -0.2) is 0 Å². The summed E-state index contributed by atoms with van der Waals surface area (Å²) >= 11 is 0. The highest BCUT2D eigenvalue weighted by Crippen LogP contribution is 2.16. The molecule has 0 bridgehead atoms. The first-order chi connectivity index (χ1) is 39.5. The summed E-state index contributed by atoms with van der Waals surface area (Å²) in [5, 5.41) is 0. The van der Waals surface area contributed by atoms with E-state index < -0.39 is 6.10 Å². The van der Waals surface area contributed by atoms with Gasteiger partial charge in [-0.3, -0.25) is 14.4 Å². The third-order valence-corrected chi connectivity index (χ3v) is 13.9. The molecule has 0 spiro atoms. The van der Waals surface area contributed by atoms with Crippen LogP contribution in [0.4, 0.5) is 0 Å². The van der Waals surface area contributed by atoms with Crippen molar-refractivity contribution >= 4 is 17.9 Å². The van der Waals surface area contributed by atoms with Crippen LogP contribution in [-0.4, -0.2) is 37.2 Å². The first kappa shape index (κ1) is 75.5. The molecule has 1 atom stereocenters. The van der Waals surface area contributed by atoms with Crippen molar-refractivity contribution in [2.24, 2.45) is 0 Å². The van der Waals surface area contributed by atoms with Gasteiger partial charge < -0.3 is 14.2 Å². The SMILES string of the molecule is CC/C=C\C/C=C\C/C=C\C/C=C\C/C=C\C/C=C\CCCCCCC(=O)OC(COC(=O)CCCCCCC/C=C\CCC)COC(=O)CCCCCCCCCCCCCCCCCC/C=C\C/C=C\C/C=C\C/C=C\CC. The molecule has 80 heavy (non-hydrogen) atoms. The Labute approximate surface area is 494 Å². The van der Waals surface area contributed by atoms with E-state index in [4.69, 9.17) is 14.2 Å². The summed E-state index contributed by atoms with van der Waals surface area (Å²) in [4.78, 5) is 38.3. The average Bonchev–Trinajstić information content (AvgIpc) is 3.46. The third-order valence-electron chi connectivity index (χ3n) is 13.9. The summed E-state index contributed by atoms with van der Waals surface area (Å²) < 4.78 is 16.9. The van der Waals surface area contributed by atoms with Crippen molar-refractivity contribution in [2.45, 2.75) is 303 Å². The van der Waals surface area contributed by atoms with Gasteiger partial charge in [0.05, 0.1) is 0 Å². The van der Waals surface area contributed by atoms with E-state index in [0.29, 0.717) is 19.3 Å². The normalized spacial score (nSPS) is 13.0. The second kappa shape index (κ2) is 67.1. The van der Waals surface area contributed by atoms with Gasteiger partial charge in [0.15, 0.2) is 6.10 Å². The van der Waals surface area contributed by atoms with Gasteiger partial charge in [0, 0.05) is 19.3 Å². The molecule has 0 saturated carbocycles. The fourth-order valence-corrected chi connectivity index (χ4v) is 8.97. The van der Waals surface area contributed by atoms with Gasteiger partial charge in [-0.15, -0.1) is 0 Å². The predicted molar refractivity (Wildman–Crippen MR) is 348 cm³/mol. The molecule has 0 aromatic rings.